The van der Waals surface area contributed by atoms with Crippen molar-refractivity contribution >= 4 is 34.7 Å². The summed E-state index contributed by atoms with van der Waals surface area (Å²) in [6, 6.07) is 17.4. The number of ether oxygens (including phenoxy) is 1. The highest BCUT2D eigenvalue weighted by Crippen LogP contribution is 2.19. The third-order valence-corrected chi connectivity index (χ3v) is 5.01. The molecule has 3 aromatic rings. The summed E-state index contributed by atoms with van der Waals surface area (Å²) in [6.45, 7) is 1.56. The van der Waals surface area contributed by atoms with E-state index in [-0.39, 0.29) is 16.9 Å². The summed E-state index contributed by atoms with van der Waals surface area (Å²) in [7, 11) is 0. The molecule has 28 heavy (non-hydrogen) atoms. The summed E-state index contributed by atoms with van der Waals surface area (Å²) in [5, 5.41) is 4.54. The van der Waals surface area contributed by atoms with Crippen molar-refractivity contribution in [3.8, 4) is 0 Å². The van der Waals surface area contributed by atoms with Crippen LogP contribution in [0.25, 0.3) is 0 Å². The Morgan fingerprint density at radius 3 is 2.36 bits per heavy atom. The number of ketones is 1. The molecule has 6 heteroatoms. The fourth-order valence-corrected chi connectivity index (χ4v) is 3.42. The Hall–Kier alpha value is -3.25. The number of carbonyl (C=O) groups excluding carboxylic acids is 3. The van der Waals surface area contributed by atoms with Gasteiger partial charge in [0.25, 0.3) is 5.91 Å². The maximum atomic E-state index is 12.6. The molecule has 0 aliphatic rings. The first-order valence-corrected chi connectivity index (χ1v) is 9.70. The van der Waals surface area contributed by atoms with Crippen molar-refractivity contribution < 1.29 is 19.1 Å². The zero-order valence-corrected chi connectivity index (χ0v) is 16.1. The standard InChI is InChI=1S/C22H19NO4S/c1-2-15-8-3-6-11-18(15)23-20(24)14-27-22(26)17-10-5-4-9-16(17)21(25)19-12-7-13-28-19/h3-13H,2,14H2,1H3,(H,23,24). The van der Waals surface area contributed by atoms with E-state index < -0.39 is 18.5 Å². The molecule has 0 unspecified atom stereocenters. The van der Waals surface area contributed by atoms with Crippen molar-refractivity contribution in [3.05, 3.63) is 87.6 Å². The number of para-hydroxylation sites is 1. The van der Waals surface area contributed by atoms with Crippen molar-refractivity contribution in [2.45, 2.75) is 13.3 Å². The summed E-state index contributed by atoms with van der Waals surface area (Å²) < 4.78 is 5.14. The van der Waals surface area contributed by atoms with Gasteiger partial charge in [-0.15, -0.1) is 11.3 Å². The van der Waals surface area contributed by atoms with Crippen LogP contribution in [-0.4, -0.2) is 24.3 Å². The van der Waals surface area contributed by atoms with E-state index >= 15 is 0 Å². The number of nitrogens with one attached hydrogen (secondary N) is 1. The number of benzene rings is 2. The number of carbonyl (C=O) groups is 3. The molecule has 0 atom stereocenters. The molecule has 0 bridgehead atoms. The van der Waals surface area contributed by atoms with E-state index in [9.17, 15) is 14.4 Å². The summed E-state index contributed by atoms with van der Waals surface area (Å²) in [6.07, 6.45) is 0.772. The van der Waals surface area contributed by atoms with Crippen molar-refractivity contribution in [1.82, 2.24) is 0 Å². The van der Waals surface area contributed by atoms with Crippen LogP contribution >= 0.6 is 11.3 Å². The Morgan fingerprint density at radius 2 is 1.64 bits per heavy atom. The first-order chi connectivity index (χ1) is 13.6. The highest BCUT2D eigenvalue weighted by Gasteiger charge is 2.20. The molecule has 1 N–H and O–H groups in total. The Morgan fingerprint density at radius 1 is 0.929 bits per heavy atom. The number of esters is 1. The third-order valence-electron chi connectivity index (χ3n) is 4.14. The lowest BCUT2D eigenvalue weighted by Crippen LogP contribution is -2.22. The number of aryl methyl sites for hydroxylation is 1. The quantitative estimate of drug-likeness (QED) is 0.479. The van der Waals surface area contributed by atoms with Crippen LogP contribution < -0.4 is 5.32 Å². The van der Waals surface area contributed by atoms with Crippen LogP contribution in [0.1, 0.15) is 38.1 Å². The smallest absolute Gasteiger partial charge is 0.339 e. The van der Waals surface area contributed by atoms with Crippen LogP contribution in [-0.2, 0) is 16.0 Å². The predicted octanol–water partition coefficient (Wildman–Crippen LogP) is 4.34. The van der Waals surface area contributed by atoms with Crippen LogP contribution in [0, 0.1) is 0 Å². The highest BCUT2D eigenvalue weighted by molar-refractivity contribution is 7.12. The lowest BCUT2D eigenvalue weighted by Gasteiger charge is -2.11. The maximum Gasteiger partial charge on any atom is 0.339 e. The van der Waals surface area contributed by atoms with Gasteiger partial charge in [0.2, 0.25) is 5.78 Å². The molecule has 0 aliphatic carbocycles. The average Bonchev–Trinajstić information content (AvgIpc) is 3.27. The Kier molecular flexibility index (Phi) is 6.34. The molecule has 3 rings (SSSR count). The normalized spacial score (nSPS) is 10.3. The van der Waals surface area contributed by atoms with Gasteiger partial charge in [0.05, 0.1) is 10.4 Å². The van der Waals surface area contributed by atoms with Gasteiger partial charge >= 0.3 is 5.97 Å². The largest absolute Gasteiger partial charge is 0.452 e. The number of anilines is 1. The van der Waals surface area contributed by atoms with Gasteiger partial charge < -0.3 is 10.1 Å². The van der Waals surface area contributed by atoms with E-state index in [1.54, 1.807) is 41.8 Å². The summed E-state index contributed by atoms with van der Waals surface area (Å²) in [5.41, 5.74) is 2.09. The molecule has 5 nitrogen and oxygen atoms in total. The van der Waals surface area contributed by atoms with Crippen LogP contribution in [0.3, 0.4) is 0 Å². The molecule has 1 aromatic heterocycles. The van der Waals surface area contributed by atoms with Gasteiger partial charge in [-0.3, -0.25) is 9.59 Å². The fourth-order valence-electron chi connectivity index (χ4n) is 2.75. The molecule has 0 saturated heterocycles. The van der Waals surface area contributed by atoms with Gasteiger partial charge in [-0.2, -0.15) is 0 Å². The van der Waals surface area contributed by atoms with Gasteiger partial charge in [0.15, 0.2) is 6.61 Å². The molecule has 0 fully saturated rings. The molecular formula is C22H19NO4S. The molecule has 142 valence electrons. The van der Waals surface area contributed by atoms with Crippen LogP contribution in [0.4, 0.5) is 5.69 Å². The number of hydrogen-bond acceptors (Lipinski definition) is 5. The van der Waals surface area contributed by atoms with Crippen molar-refractivity contribution in [3.63, 3.8) is 0 Å². The number of rotatable bonds is 7. The number of amides is 1. The summed E-state index contributed by atoms with van der Waals surface area (Å²) in [5.74, 6) is -1.39. The second-order valence-corrected chi connectivity index (χ2v) is 6.93. The lowest BCUT2D eigenvalue weighted by atomic mass is 10.0. The highest BCUT2D eigenvalue weighted by atomic mass is 32.1. The molecule has 0 radical (unpaired) electrons. The Bertz CT molecular complexity index is 995. The van der Waals surface area contributed by atoms with E-state index in [0.717, 1.165) is 12.0 Å². The second kappa shape index (κ2) is 9.10. The van der Waals surface area contributed by atoms with Gasteiger partial charge in [-0.1, -0.05) is 49.4 Å². The van der Waals surface area contributed by atoms with Crippen LogP contribution in [0.5, 0.6) is 0 Å². The molecular weight excluding hydrogens is 374 g/mol. The van der Waals surface area contributed by atoms with Crippen molar-refractivity contribution in [2.75, 3.05) is 11.9 Å². The fraction of sp³-hybridized carbons (Fsp3) is 0.136. The van der Waals surface area contributed by atoms with Gasteiger partial charge in [0, 0.05) is 11.3 Å². The minimum atomic E-state index is -0.709. The van der Waals surface area contributed by atoms with Crippen LogP contribution in [0.2, 0.25) is 0 Å². The molecule has 1 amide bonds. The molecule has 0 saturated carbocycles. The van der Waals surface area contributed by atoms with Crippen LogP contribution in [0.15, 0.2) is 66.0 Å². The van der Waals surface area contributed by atoms with E-state index in [2.05, 4.69) is 5.32 Å². The van der Waals surface area contributed by atoms with E-state index in [4.69, 9.17) is 4.74 Å². The predicted molar refractivity (Wildman–Crippen MR) is 109 cm³/mol. The maximum absolute atomic E-state index is 12.6. The first kappa shape index (κ1) is 19.5. The zero-order chi connectivity index (χ0) is 19.9. The van der Waals surface area contributed by atoms with Gasteiger partial charge in [-0.05, 0) is 35.6 Å². The molecule has 0 spiro atoms. The monoisotopic (exact) mass is 393 g/mol. The topological polar surface area (TPSA) is 72.5 Å². The Labute approximate surface area is 167 Å². The van der Waals surface area contributed by atoms with Crippen molar-refractivity contribution in [1.29, 1.82) is 0 Å². The van der Waals surface area contributed by atoms with E-state index in [1.807, 2.05) is 25.1 Å². The van der Waals surface area contributed by atoms with Gasteiger partial charge in [0.1, 0.15) is 0 Å². The zero-order valence-electron chi connectivity index (χ0n) is 15.3. The third kappa shape index (κ3) is 4.53. The van der Waals surface area contributed by atoms with E-state index in [0.29, 0.717) is 10.6 Å². The molecule has 0 aliphatic heterocycles. The van der Waals surface area contributed by atoms with Gasteiger partial charge in [-0.25, -0.2) is 4.79 Å². The Balaban J connectivity index is 1.67. The number of thiophene rings is 1. The second-order valence-electron chi connectivity index (χ2n) is 5.99. The number of hydrogen-bond donors (Lipinski definition) is 1. The molecule has 2 aromatic carbocycles. The lowest BCUT2D eigenvalue weighted by molar-refractivity contribution is -0.119. The van der Waals surface area contributed by atoms with E-state index in [1.165, 1.54) is 17.4 Å². The first-order valence-electron chi connectivity index (χ1n) is 8.82. The summed E-state index contributed by atoms with van der Waals surface area (Å²) >= 11 is 1.30. The molecule has 1 heterocycles. The van der Waals surface area contributed by atoms with Crippen molar-refractivity contribution in [2.24, 2.45) is 0 Å². The minimum absolute atomic E-state index is 0.141. The average molecular weight is 393 g/mol. The summed E-state index contributed by atoms with van der Waals surface area (Å²) in [4.78, 5) is 37.8. The SMILES string of the molecule is CCc1ccccc1NC(=O)COC(=O)c1ccccc1C(=O)c1cccs1. The minimum Gasteiger partial charge on any atom is -0.452 e.